The third-order valence-electron chi connectivity index (χ3n) is 5.31. The number of nitrogens with one attached hydrogen (secondary N) is 2. The minimum atomic E-state index is -4.48. The van der Waals surface area contributed by atoms with Gasteiger partial charge in [0.1, 0.15) is 23.9 Å². The van der Waals surface area contributed by atoms with Gasteiger partial charge in [0.05, 0.1) is 36.1 Å². The number of hydrogen-bond donors (Lipinski definition) is 2. The van der Waals surface area contributed by atoms with Gasteiger partial charge in [-0.05, 0) is 24.6 Å². The maximum atomic E-state index is 13.5. The Kier molecular flexibility index (Phi) is 6.13. The van der Waals surface area contributed by atoms with Gasteiger partial charge in [-0.15, -0.1) is 0 Å². The zero-order valence-corrected chi connectivity index (χ0v) is 19.0. The number of anilines is 2. The number of halogens is 4. The van der Waals surface area contributed by atoms with E-state index in [4.69, 9.17) is 21.1 Å². The SMILES string of the molecule is COc1cc(NC(=O)C2=C(C)Nc3ncnn3[C@H]2c2ccc(C(F)(F)F)cc2)c(OC)cc1Cl. The summed E-state index contributed by atoms with van der Waals surface area (Å²) >= 11 is 6.14. The lowest BCUT2D eigenvalue weighted by atomic mass is 9.94. The van der Waals surface area contributed by atoms with E-state index in [1.54, 1.807) is 6.92 Å². The second-order valence-electron chi connectivity index (χ2n) is 7.36. The first-order chi connectivity index (χ1) is 16.1. The van der Waals surface area contributed by atoms with E-state index >= 15 is 0 Å². The van der Waals surface area contributed by atoms with Crippen LogP contribution in [-0.4, -0.2) is 34.9 Å². The predicted molar refractivity (Wildman–Crippen MR) is 119 cm³/mol. The Balaban J connectivity index is 1.76. The summed E-state index contributed by atoms with van der Waals surface area (Å²) in [6, 6.07) is 6.74. The van der Waals surface area contributed by atoms with Crippen molar-refractivity contribution in [1.82, 2.24) is 14.8 Å². The number of carbonyl (C=O) groups is 1. The lowest BCUT2D eigenvalue weighted by Gasteiger charge is -2.29. The topological polar surface area (TPSA) is 90.3 Å². The highest BCUT2D eigenvalue weighted by atomic mass is 35.5. The van der Waals surface area contributed by atoms with Gasteiger partial charge in [0, 0.05) is 17.8 Å². The molecule has 0 spiro atoms. The number of carbonyl (C=O) groups excluding carboxylic acids is 1. The van der Waals surface area contributed by atoms with Gasteiger partial charge in [-0.25, -0.2) is 4.68 Å². The van der Waals surface area contributed by atoms with Crippen LogP contribution in [0.1, 0.15) is 24.1 Å². The van der Waals surface area contributed by atoms with Crippen LogP contribution in [0.2, 0.25) is 5.02 Å². The van der Waals surface area contributed by atoms with Crippen molar-refractivity contribution in [3.05, 3.63) is 70.1 Å². The number of nitrogens with zero attached hydrogens (tertiary/aromatic N) is 3. The minimum Gasteiger partial charge on any atom is -0.495 e. The zero-order valence-electron chi connectivity index (χ0n) is 18.2. The molecule has 0 unspecified atom stereocenters. The van der Waals surface area contributed by atoms with Crippen LogP contribution in [0, 0.1) is 0 Å². The van der Waals surface area contributed by atoms with Crippen molar-refractivity contribution in [1.29, 1.82) is 0 Å². The summed E-state index contributed by atoms with van der Waals surface area (Å²) in [5.74, 6) is 0.445. The van der Waals surface area contributed by atoms with E-state index in [1.807, 2.05) is 0 Å². The molecule has 1 amide bonds. The van der Waals surface area contributed by atoms with Crippen molar-refractivity contribution in [2.45, 2.75) is 19.1 Å². The molecule has 8 nitrogen and oxygen atoms in total. The van der Waals surface area contributed by atoms with Crippen molar-refractivity contribution in [3.63, 3.8) is 0 Å². The van der Waals surface area contributed by atoms with E-state index in [9.17, 15) is 18.0 Å². The number of methoxy groups -OCH3 is 2. The molecule has 4 rings (SSSR count). The highest BCUT2D eigenvalue weighted by Crippen LogP contribution is 2.39. The largest absolute Gasteiger partial charge is 0.495 e. The maximum absolute atomic E-state index is 13.5. The molecule has 2 aromatic carbocycles. The number of aromatic nitrogens is 3. The normalized spacial score (nSPS) is 15.4. The van der Waals surface area contributed by atoms with Crippen LogP contribution in [0.5, 0.6) is 11.5 Å². The number of allylic oxidation sites excluding steroid dienone is 1. The van der Waals surface area contributed by atoms with E-state index < -0.39 is 23.7 Å². The van der Waals surface area contributed by atoms with Gasteiger partial charge >= 0.3 is 6.18 Å². The molecule has 0 fully saturated rings. The van der Waals surface area contributed by atoms with E-state index in [2.05, 4.69) is 20.7 Å². The van der Waals surface area contributed by atoms with E-state index in [-0.39, 0.29) is 5.57 Å². The summed E-state index contributed by atoms with van der Waals surface area (Å²) in [4.78, 5) is 17.6. The molecule has 1 aliphatic heterocycles. The first-order valence-corrected chi connectivity index (χ1v) is 10.3. The monoisotopic (exact) mass is 493 g/mol. The fraction of sp³-hybridized carbons (Fsp3) is 0.227. The van der Waals surface area contributed by atoms with Crippen LogP contribution < -0.4 is 20.1 Å². The smallest absolute Gasteiger partial charge is 0.416 e. The predicted octanol–water partition coefficient (Wildman–Crippen LogP) is 4.90. The van der Waals surface area contributed by atoms with E-state index in [1.165, 1.54) is 49.5 Å². The average Bonchev–Trinajstić information content (AvgIpc) is 3.26. The summed E-state index contributed by atoms with van der Waals surface area (Å²) < 4.78 is 51.2. The van der Waals surface area contributed by atoms with Gasteiger partial charge in [-0.3, -0.25) is 4.79 Å². The molecule has 1 aliphatic rings. The molecule has 2 heterocycles. The van der Waals surface area contributed by atoms with Crippen LogP contribution >= 0.6 is 11.6 Å². The quantitative estimate of drug-likeness (QED) is 0.525. The van der Waals surface area contributed by atoms with Gasteiger partial charge in [-0.2, -0.15) is 23.3 Å². The van der Waals surface area contributed by atoms with Crippen LogP contribution in [0.15, 0.2) is 54.0 Å². The lowest BCUT2D eigenvalue weighted by molar-refractivity contribution is -0.137. The van der Waals surface area contributed by atoms with Crippen molar-refractivity contribution < 1.29 is 27.4 Å². The Morgan fingerprint density at radius 2 is 1.82 bits per heavy atom. The average molecular weight is 494 g/mol. The Labute approximate surface area is 197 Å². The van der Waals surface area contributed by atoms with Gasteiger partial charge in [0.2, 0.25) is 5.95 Å². The number of amides is 1. The van der Waals surface area contributed by atoms with Gasteiger partial charge < -0.3 is 20.1 Å². The summed E-state index contributed by atoms with van der Waals surface area (Å²) in [6.07, 6.45) is -3.19. The molecule has 12 heteroatoms. The molecule has 1 atom stereocenters. The van der Waals surface area contributed by atoms with E-state index in [0.717, 1.165) is 12.1 Å². The Hall–Kier alpha value is -3.73. The molecule has 0 saturated carbocycles. The fourth-order valence-corrected chi connectivity index (χ4v) is 3.93. The molecule has 0 radical (unpaired) electrons. The number of fused-ring (bicyclic) bond motifs is 1. The van der Waals surface area contributed by atoms with Gasteiger partial charge in [0.15, 0.2) is 0 Å². The molecule has 0 bridgehead atoms. The Morgan fingerprint density at radius 3 is 2.44 bits per heavy atom. The molecule has 0 saturated heterocycles. The standard InChI is InChI=1S/C22H19ClF3N5O3/c1-11-18(20(32)30-15-9-16(33-2)14(23)8-17(15)34-3)19(31-21(29-11)27-10-28-31)12-4-6-13(7-5-12)22(24,25)26/h4-10,19H,1-3H3,(H,30,32)(H,27,28,29)/t19-/m0/s1. The van der Waals surface area contributed by atoms with Gasteiger partial charge in [-0.1, -0.05) is 23.7 Å². The summed E-state index contributed by atoms with van der Waals surface area (Å²) in [5, 5.41) is 10.3. The van der Waals surface area contributed by atoms with Crippen LogP contribution in [0.3, 0.4) is 0 Å². The highest BCUT2D eigenvalue weighted by molar-refractivity contribution is 6.32. The summed E-state index contributed by atoms with van der Waals surface area (Å²) in [5.41, 5.74) is 0.612. The number of ether oxygens (including phenoxy) is 2. The summed E-state index contributed by atoms with van der Waals surface area (Å²) in [7, 11) is 2.86. The maximum Gasteiger partial charge on any atom is 0.416 e. The molecule has 2 N–H and O–H groups in total. The lowest BCUT2D eigenvalue weighted by Crippen LogP contribution is -2.31. The van der Waals surface area contributed by atoms with Crippen molar-refractivity contribution in [2.24, 2.45) is 0 Å². The van der Waals surface area contributed by atoms with E-state index in [0.29, 0.717) is 39.4 Å². The molecule has 1 aromatic heterocycles. The minimum absolute atomic E-state index is 0.230. The second-order valence-corrected chi connectivity index (χ2v) is 7.76. The molecule has 0 aliphatic carbocycles. The fourth-order valence-electron chi connectivity index (χ4n) is 3.70. The van der Waals surface area contributed by atoms with Crippen LogP contribution in [0.25, 0.3) is 0 Å². The Morgan fingerprint density at radius 1 is 1.15 bits per heavy atom. The molecule has 3 aromatic rings. The number of benzene rings is 2. The van der Waals surface area contributed by atoms with Crippen molar-refractivity contribution in [2.75, 3.05) is 24.9 Å². The Bertz CT molecular complexity index is 1270. The molecular weight excluding hydrogens is 475 g/mol. The summed E-state index contributed by atoms with van der Waals surface area (Å²) in [6.45, 7) is 1.67. The molecule has 178 valence electrons. The second kappa shape index (κ2) is 8.90. The first-order valence-electron chi connectivity index (χ1n) is 9.91. The van der Waals surface area contributed by atoms with Crippen LogP contribution in [-0.2, 0) is 11.0 Å². The number of hydrogen-bond acceptors (Lipinski definition) is 6. The molecule has 34 heavy (non-hydrogen) atoms. The van der Waals surface area contributed by atoms with Crippen LogP contribution in [0.4, 0.5) is 24.8 Å². The first kappa shape index (κ1) is 23.4. The van der Waals surface area contributed by atoms with Gasteiger partial charge in [0.25, 0.3) is 5.91 Å². The third-order valence-corrected chi connectivity index (χ3v) is 5.61. The zero-order chi connectivity index (χ0) is 24.6. The van der Waals surface area contributed by atoms with Crippen molar-refractivity contribution in [3.8, 4) is 11.5 Å². The highest BCUT2D eigenvalue weighted by Gasteiger charge is 2.35. The molecular formula is C22H19ClF3N5O3. The third kappa shape index (κ3) is 4.26. The van der Waals surface area contributed by atoms with Crippen molar-refractivity contribution >= 4 is 29.1 Å². The number of alkyl halides is 3. The number of rotatable bonds is 5.